The lowest BCUT2D eigenvalue weighted by molar-refractivity contribution is -0.108. The third-order valence-electron chi connectivity index (χ3n) is 2.65. The fourth-order valence-electron chi connectivity index (χ4n) is 1.62. The Hall–Kier alpha value is -0.820. The van der Waals surface area contributed by atoms with Crippen LogP contribution in [0.15, 0.2) is 12.1 Å². The van der Waals surface area contributed by atoms with Crippen molar-refractivity contribution in [3.8, 4) is 0 Å². The summed E-state index contributed by atoms with van der Waals surface area (Å²) in [6.07, 6.45) is 1.51. The van der Waals surface area contributed by atoms with E-state index in [1.807, 2.05) is 26.0 Å². The van der Waals surface area contributed by atoms with Crippen LogP contribution >= 0.6 is 11.6 Å². The summed E-state index contributed by atoms with van der Waals surface area (Å²) in [6, 6.07) is 3.91. The standard InChI is InChI=1S/C12H15ClO/c1-8(4-5-14)12-7-11(13)6-9(2)10(12)3/h5-8H,4H2,1-3H3. The highest BCUT2D eigenvalue weighted by Gasteiger charge is 2.10. The van der Waals surface area contributed by atoms with Crippen LogP contribution in [0.2, 0.25) is 5.02 Å². The molecule has 1 atom stereocenters. The number of hydrogen-bond donors (Lipinski definition) is 0. The monoisotopic (exact) mass is 210 g/mol. The highest BCUT2D eigenvalue weighted by molar-refractivity contribution is 6.30. The lowest BCUT2D eigenvalue weighted by atomic mass is 9.92. The summed E-state index contributed by atoms with van der Waals surface area (Å²) in [5, 5.41) is 0.751. The second-order valence-electron chi connectivity index (χ2n) is 3.74. The van der Waals surface area contributed by atoms with E-state index in [0.29, 0.717) is 6.42 Å². The first kappa shape index (κ1) is 11.3. The first-order valence-electron chi connectivity index (χ1n) is 4.76. The molecule has 0 heterocycles. The minimum Gasteiger partial charge on any atom is -0.303 e. The third kappa shape index (κ3) is 2.36. The van der Waals surface area contributed by atoms with E-state index in [1.165, 1.54) is 16.7 Å². The predicted octanol–water partition coefficient (Wildman–Crippen LogP) is 3.65. The molecule has 2 heteroatoms. The molecule has 76 valence electrons. The molecule has 1 rings (SSSR count). The van der Waals surface area contributed by atoms with Crippen molar-refractivity contribution in [1.29, 1.82) is 0 Å². The molecule has 0 aromatic heterocycles. The molecular weight excluding hydrogens is 196 g/mol. The number of carbonyl (C=O) groups is 1. The average molecular weight is 211 g/mol. The molecule has 1 aromatic carbocycles. The molecule has 0 aliphatic rings. The second kappa shape index (κ2) is 4.61. The van der Waals surface area contributed by atoms with Crippen LogP contribution in [0.3, 0.4) is 0 Å². The molecule has 0 aliphatic heterocycles. The van der Waals surface area contributed by atoms with Crippen molar-refractivity contribution in [1.82, 2.24) is 0 Å². The number of hydrogen-bond acceptors (Lipinski definition) is 1. The predicted molar refractivity (Wildman–Crippen MR) is 60.0 cm³/mol. The largest absolute Gasteiger partial charge is 0.303 e. The first-order chi connectivity index (χ1) is 6.56. The van der Waals surface area contributed by atoms with Crippen LogP contribution in [0.5, 0.6) is 0 Å². The van der Waals surface area contributed by atoms with Crippen LogP contribution in [0.25, 0.3) is 0 Å². The molecule has 0 bridgehead atoms. The van der Waals surface area contributed by atoms with Gasteiger partial charge >= 0.3 is 0 Å². The van der Waals surface area contributed by atoms with Gasteiger partial charge in [-0.25, -0.2) is 0 Å². The van der Waals surface area contributed by atoms with Crippen LogP contribution < -0.4 is 0 Å². The lowest BCUT2D eigenvalue weighted by Gasteiger charge is -2.14. The maximum absolute atomic E-state index is 10.4. The summed E-state index contributed by atoms with van der Waals surface area (Å²) in [7, 11) is 0. The molecule has 1 aromatic rings. The number of benzene rings is 1. The number of halogens is 1. The Balaban J connectivity index is 3.12. The van der Waals surface area contributed by atoms with Gasteiger partial charge in [-0.2, -0.15) is 0 Å². The van der Waals surface area contributed by atoms with Crippen molar-refractivity contribution < 1.29 is 4.79 Å². The van der Waals surface area contributed by atoms with Crippen molar-refractivity contribution in [2.75, 3.05) is 0 Å². The van der Waals surface area contributed by atoms with E-state index in [-0.39, 0.29) is 5.92 Å². The number of aryl methyl sites for hydroxylation is 1. The fraction of sp³-hybridized carbons (Fsp3) is 0.417. The van der Waals surface area contributed by atoms with Gasteiger partial charge in [0, 0.05) is 11.4 Å². The molecule has 0 spiro atoms. The van der Waals surface area contributed by atoms with Crippen LogP contribution in [-0.4, -0.2) is 6.29 Å². The highest BCUT2D eigenvalue weighted by atomic mass is 35.5. The van der Waals surface area contributed by atoms with Crippen LogP contribution in [0.1, 0.15) is 36.0 Å². The molecular formula is C12H15ClO. The van der Waals surface area contributed by atoms with E-state index in [4.69, 9.17) is 11.6 Å². The zero-order chi connectivity index (χ0) is 10.7. The van der Waals surface area contributed by atoms with Crippen molar-refractivity contribution in [2.45, 2.75) is 33.1 Å². The summed E-state index contributed by atoms with van der Waals surface area (Å²) < 4.78 is 0. The van der Waals surface area contributed by atoms with E-state index >= 15 is 0 Å². The van der Waals surface area contributed by atoms with Gasteiger partial charge in [0.1, 0.15) is 6.29 Å². The summed E-state index contributed by atoms with van der Waals surface area (Å²) in [4.78, 5) is 10.4. The lowest BCUT2D eigenvalue weighted by Crippen LogP contribution is -1.99. The van der Waals surface area contributed by atoms with E-state index in [0.717, 1.165) is 11.3 Å². The molecule has 14 heavy (non-hydrogen) atoms. The van der Waals surface area contributed by atoms with Gasteiger partial charge in [-0.1, -0.05) is 18.5 Å². The quantitative estimate of drug-likeness (QED) is 0.696. The molecule has 0 saturated heterocycles. The van der Waals surface area contributed by atoms with Crippen molar-refractivity contribution in [3.63, 3.8) is 0 Å². The summed E-state index contributed by atoms with van der Waals surface area (Å²) in [6.45, 7) is 6.16. The van der Waals surface area contributed by atoms with E-state index in [9.17, 15) is 4.79 Å². The Bertz CT molecular complexity index is 344. The SMILES string of the molecule is Cc1cc(Cl)cc(C(C)CC=O)c1C. The zero-order valence-electron chi connectivity index (χ0n) is 8.80. The van der Waals surface area contributed by atoms with Gasteiger partial charge in [0.05, 0.1) is 0 Å². The molecule has 1 nitrogen and oxygen atoms in total. The van der Waals surface area contributed by atoms with Crippen LogP contribution in [0.4, 0.5) is 0 Å². The number of carbonyl (C=O) groups excluding carboxylic acids is 1. The molecule has 0 saturated carbocycles. The Labute approximate surface area is 90.1 Å². The minimum atomic E-state index is 0.255. The highest BCUT2D eigenvalue weighted by Crippen LogP contribution is 2.27. The number of rotatable bonds is 3. The molecule has 0 aliphatic carbocycles. The normalized spacial score (nSPS) is 12.6. The van der Waals surface area contributed by atoms with E-state index in [1.54, 1.807) is 0 Å². The van der Waals surface area contributed by atoms with Gasteiger partial charge in [-0.05, 0) is 48.6 Å². The smallest absolute Gasteiger partial charge is 0.120 e. The number of aldehydes is 1. The molecule has 0 amide bonds. The average Bonchev–Trinajstić information content (AvgIpc) is 2.11. The van der Waals surface area contributed by atoms with E-state index < -0.39 is 0 Å². The van der Waals surface area contributed by atoms with Crippen LogP contribution in [-0.2, 0) is 4.79 Å². The van der Waals surface area contributed by atoms with Crippen molar-refractivity contribution in [3.05, 3.63) is 33.8 Å². The molecule has 0 radical (unpaired) electrons. The van der Waals surface area contributed by atoms with Gasteiger partial charge in [0.25, 0.3) is 0 Å². The maximum atomic E-state index is 10.4. The first-order valence-corrected chi connectivity index (χ1v) is 5.14. The fourth-order valence-corrected chi connectivity index (χ4v) is 1.91. The minimum absolute atomic E-state index is 0.255. The van der Waals surface area contributed by atoms with Crippen molar-refractivity contribution >= 4 is 17.9 Å². The summed E-state index contributed by atoms with van der Waals surface area (Å²) in [5.41, 5.74) is 3.61. The Morgan fingerprint density at radius 2 is 2.07 bits per heavy atom. The zero-order valence-corrected chi connectivity index (χ0v) is 9.56. The summed E-state index contributed by atoms with van der Waals surface area (Å²) in [5.74, 6) is 0.255. The van der Waals surface area contributed by atoms with Gasteiger partial charge in [0.2, 0.25) is 0 Å². The van der Waals surface area contributed by atoms with Gasteiger partial charge in [-0.15, -0.1) is 0 Å². The molecule has 0 N–H and O–H groups in total. The van der Waals surface area contributed by atoms with Crippen molar-refractivity contribution in [2.24, 2.45) is 0 Å². The van der Waals surface area contributed by atoms with Gasteiger partial charge < -0.3 is 4.79 Å². The maximum Gasteiger partial charge on any atom is 0.120 e. The molecule has 1 unspecified atom stereocenters. The molecule has 0 fully saturated rings. The van der Waals surface area contributed by atoms with Gasteiger partial charge in [0.15, 0.2) is 0 Å². The van der Waals surface area contributed by atoms with Crippen LogP contribution in [0, 0.1) is 13.8 Å². The Morgan fingerprint density at radius 1 is 1.43 bits per heavy atom. The Morgan fingerprint density at radius 3 is 2.64 bits per heavy atom. The topological polar surface area (TPSA) is 17.1 Å². The third-order valence-corrected chi connectivity index (χ3v) is 2.87. The van der Waals surface area contributed by atoms with E-state index in [2.05, 4.69) is 6.92 Å². The van der Waals surface area contributed by atoms with Gasteiger partial charge in [-0.3, -0.25) is 0 Å². The Kier molecular flexibility index (Phi) is 3.70. The second-order valence-corrected chi connectivity index (χ2v) is 4.18. The summed E-state index contributed by atoms with van der Waals surface area (Å²) >= 11 is 5.98.